The molecule has 10 nitrogen and oxygen atoms in total. The van der Waals surface area contributed by atoms with Gasteiger partial charge < -0.3 is 14.0 Å². The van der Waals surface area contributed by atoms with E-state index < -0.39 is 4.92 Å². The van der Waals surface area contributed by atoms with Gasteiger partial charge in [-0.25, -0.2) is 5.43 Å². The molecule has 1 aromatic heterocycles. The molecule has 1 heterocycles. The number of pyridine rings is 1. The number of hydrogen-bond donors (Lipinski definition) is 1. The number of para-hydroxylation sites is 2. The van der Waals surface area contributed by atoms with E-state index in [9.17, 15) is 19.7 Å². The highest BCUT2D eigenvalue weighted by molar-refractivity contribution is 5.95. The van der Waals surface area contributed by atoms with E-state index in [4.69, 9.17) is 9.47 Å². The smallest absolute Gasteiger partial charge is 0.269 e. The number of aromatic nitrogens is 1. The van der Waals surface area contributed by atoms with Crippen LogP contribution in [0.3, 0.4) is 0 Å². The van der Waals surface area contributed by atoms with Crippen LogP contribution in [0.15, 0.2) is 101 Å². The fourth-order valence-electron chi connectivity index (χ4n) is 4.47. The average Bonchev–Trinajstić information content (AvgIpc) is 2.99. The third-order valence-corrected chi connectivity index (χ3v) is 6.39. The van der Waals surface area contributed by atoms with Gasteiger partial charge in [0.05, 0.1) is 28.8 Å². The van der Waals surface area contributed by atoms with Gasteiger partial charge in [0.1, 0.15) is 13.2 Å². The summed E-state index contributed by atoms with van der Waals surface area (Å²) >= 11 is 0. The van der Waals surface area contributed by atoms with E-state index in [1.165, 1.54) is 18.3 Å². The summed E-state index contributed by atoms with van der Waals surface area (Å²) in [6.07, 6.45) is 1.50. The van der Waals surface area contributed by atoms with Crippen molar-refractivity contribution in [1.82, 2.24) is 9.99 Å². The van der Waals surface area contributed by atoms with Crippen LogP contribution in [-0.2, 0) is 17.9 Å². The Hall–Kier alpha value is -5.51. The molecular formula is C31H26N4O6. The predicted octanol–water partition coefficient (Wildman–Crippen LogP) is 5.19. The molecule has 10 heteroatoms. The molecule has 0 unspecified atom stereocenters. The molecule has 0 saturated carbocycles. The Morgan fingerprint density at radius 1 is 0.927 bits per heavy atom. The van der Waals surface area contributed by atoms with Crippen molar-refractivity contribution in [1.29, 1.82) is 0 Å². The van der Waals surface area contributed by atoms with Crippen molar-refractivity contribution in [2.24, 2.45) is 5.10 Å². The van der Waals surface area contributed by atoms with E-state index in [2.05, 4.69) is 10.5 Å². The highest BCUT2D eigenvalue weighted by atomic mass is 16.6. The molecule has 0 aliphatic heterocycles. The lowest BCUT2D eigenvalue weighted by atomic mass is 10.1. The largest absolute Gasteiger partial charge is 0.490 e. The molecular weight excluding hydrogens is 524 g/mol. The first-order valence-corrected chi connectivity index (χ1v) is 12.9. The Bertz CT molecular complexity index is 1770. The molecule has 0 spiro atoms. The normalized spacial score (nSPS) is 11.1. The quantitative estimate of drug-likeness (QED) is 0.110. The number of carbonyl (C=O) groups is 1. The topological polar surface area (TPSA) is 125 Å². The maximum atomic E-state index is 12.9. The molecule has 1 amide bonds. The molecule has 0 aliphatic carbocycles. The first-order chi connectivity index (χ1) is 19.9. The van der Waals surface area contributed by atoms with Gasteiger partial charge in [-0.05, 0) is 72.6 Å². The minimum atomic E-state index is -0.450. The van der Waals surface area contributed by atoms with E-state index in [-0.39, 0.29) is 30.2 Å². The van der Waals surface area contributed by atoms with Gasteiger partial charge in [0, 0.05) is 22.9 Å². The summed E-state index contributed by atoms with van der Waals surface area (Å²) in [5.74, 6) is 0.646. The lowest BCUT2D eigenvalue weighted by molar-refractivity contribution is -0.384. The van der Waals surface area contributed by atoms with Gasteiger partial charge in [-0.3, -0.25) is 19.7 Å². The van der Waals surface area contributed by atoms with E-state index in [1.54, 1.807) is 59.2 Å². The minimum absolute atomic E-state index is 0.0140. The van der Waals surface area contributed by atoms with Crippen molar-refractivity contribution in [3.63, 3.8) is 0 Å². The van der Waals surface area contributed by atoms with Crippen LogP contribution in [0, 0.1) is 10.1 Å². The molecule has 0 fully saturated rings. The molecule has 0 saturated heterocycles. The van der Waals surface area contributed by atoms with Crippen molar-refractivity contribution >= 4 is 39.6 Å². The number of nitro groups is 1. The zero-order valence-electron chi connectivity index (χ0n) is 22.2. The van der Waals surface area contributed by atoms with Crippen molar-refractivity contribution in [2.45, 2.75) is 20.1 Å². The van der Waals surface area contributed by atoms with E-state index >= 15 is 0 Å². The molecule has 206 valence electrons. The standard InChI is InChI=1S/C31H26N4O6/c1-2-40-29-17-22(13-16-28(29)41-20-21-11-14-23(15-12-21)35(38)39)18-32-33-30(36)19-34-26-9-5-3-7-24(26)31(37)25-8-4-6-10-27(25)34/h3-18H,2,19-20H2,1H3,(H,33,36)/b32-18-. The van der Waals surface area contributed by atoms with Crippen molar-refractivity contribution < 1.29 is 19.2 Å². The van der Waals surface area contributed by atoms with E-state index in [0.29, 0.717) is 45.5 Å². The summed E-state index contributed by atoms with van der Waals surface area (Å²) in [5, 5.41) is 16.1. The summed E-state index contributed by atoms with van der Waals surface area (Å²) in [6.45, 7) is 2.44. The van der Waals surface area contributed by atoms with Gasteiger partial charge in [0.25, 0.3) is 11.6 Å². The fraction of sp³-hybridized carbons (Fsp3) is 0.129. The molecule has 0 aliphatic rings. The first-order valence-electron chi connectivity index (χ1n) is 12.9. The van der Waals surface area contributed by atoms with E-state index in [1.807, 2.05) is 31.2 Å². The Labute approximate surface area is 234 Å². The first kappa shape index (κ1) is 27.1. The van der Waals surface area contributed by atoms with Crippen LogP contribution in [-0.4, -0.2) is 28.2 Å². The molecule has 4 aromatic carbocycles. The molecule has 41 heavy (non-hydrogen) atoms. The lowest BCUT2D eigenvalue weighted by Crippen LogP contribution is -2.25. The fourth-order valence-corrected chi connectivity index (χ4v) is 4.47. The molecule has 0 atom stereocenters. The van der Waals surface area contributed by atoms with Gasteiger partial charge in [-0.2, -0.15) is 5.10 Å². The second kappa shape index (κ2) is 12.1. The number of nitrogens with one attached hydrogen (secondary N) is 1. The number of amides is 1. The van der Waals surface area contributed by atoms with E-state index in [0.717, 1.165) is 5.56 Å². The summed E-state index contributed by atoms with van der Waals surface area (Å²) < 4.78 is 13.4. The van der Waals surface area contributed by atoms with Crippen LogP contribution in [0.25, 0.3) is 21.8 Å². The third-order valence-electron chi connectivity index (χ3n) is 6.39. The zero-order chi connectivity index (χ0) is 28.8. The van der Waals surface area contributed by atoms with Crippen LogP contribution in [0.5, 0.6) is 11.5 Å². The zero-order valence-corrected chi connectivity index (χ0v) is 22.2. The van der Waals surface area contributed by atoms with Crippen LogP contribution in [0.4, 0.5) is 5.69 Å². The van der Waals surface area contributed by atoms with Gasteiger partial charge in [-0.15, -0.1) is 0 Å². The molecule has 0 bridgehead atoms. The second-order valence-electron chi connectivity index (χ2n) is 9.09. The second-order valence-corrected chi connectivity index (χ2v) is 9.09. The Kier molecular flexibility index (Phi) is 8.00. The summed E-state index contributed by atoms with van der Waals surface area (Å²) in [4.78, 5) is 36.2. The summed E-state index contributed by atoms with van der Waals surface area (Å²) in [5.41, 5.74) is 5.29. The average molecular weight is 551 g/mol. The van der Waals surface area contributed by atoms with Gasteiger partial charge in [-0.1, -0.05) is 24.3 Å². The highest BCUT2D eigenvalue weighted by Crippen LogP contribution is 2.29. The Balaban J connectivity index is 1.28. The number of hydrazone groups is 1. The predicted molar refractivity (Wildman–Crippen MR) is 156 cm³/mol. The number of hydrogen-bond acceptors (Lipinski definition) is 7. The summed E-state index contributed by atoms with van der Waals surface area (Å²) in [7, 11) is 0. The SMILES string of the molecule is CCOc1cc(/C=N\NC(=O)Cn2c3ccccc3c(=O)c3ccccc32)ccc1OCc1ccc([N+](=O)[O-])cc1. The molecule has 5 aromatic rings. The number of non-ortho nitro benzene ring substituents is 1. The van der Waals surface area contributed by atoms with Crippen molar-refractivity contribution in [3.8, 4) is 11.5 Å². The summed E-state index contributed by atoms with van der Waals surface area (Å²) in [6, 6.07) is 25.8. The van der Waals surface area contributed by atoms with Crippen LogP contribution in [0.2, 0.25) is 0 Å². The number of carbonyl (C=O) groups excluding carboxylic acids is 1. The van der Waals surface area contributed by atoms with Crippen molar-refractivity contribution in [2.75, 3.05) is 6.61 Å². The van der Waals surface area contributed by atoms with Gasteiger partial charge in [0.2, 0.25) is 0 Å². The van der Waals surface area contributed by atoms with Gasteiger partial charge >= 0.3 is 0 Å². The Morgan fingerprint density at radius 3 is 2.22 bits per heavy atom. The lowest BCUT2D eigenvalue weighted by Gasteiger charge is -2.14. The van der Waals surface area contributed by atoms with Crippen LogP contribution in [0.1, 0.15) is 18.1 Å². The number of fused-ring (bicyclic) bond motifs is 2. The number of nitro benzene ring substituents is 1. The van der Waals surface area contributed by atoms with Crippen LogP contribution < -0.4 is 20.3 Å². The molecule has 0 radical (unpaired) electrons. The number of rotatable bonds is 10. The maximum absolute atomic E-state index is 12.9. The maximum Gasteiger partial charge on any atom is 0.269 e. The third kappa shape index (κ3) is 6.06. The number of ether oxygens (including phenoxy) is 2. The molecule has 1 N–H and O–H groups in total. The van der Waals surface area contributed by atoms with Crippen molar-refractivity contribution in [3.05, 3.63) is 122 Å². The van der Waals surface area contributed by atoms with Gasteiger partial charge in [0.15, 0.2) is 16.9 Å². The Morgan fingerprint density at radius 2 is 1.59 bits per heavy atom. The van der Waals surface area contributed by atoms with Crippen LogP contribution >= 0.6 is 0 Å². The number of benzene rings is 4. The number of nitrogens with zero attached hydrogens (tertiary/aromatic N) is 3. The minimum Gasteiger partial charge on any atom is -0.490 e. The monoisotopic (exact) mass is 550 g/mol. The highest BCUT2D eigenvalue weighted by Gasteiger charge is 2.13. The molecule has 5 rings (SSSR count).